The fourth-order valence-electron chi connectivity index (χ4n) is 7.56. The minimum atomic E-state index is -1.04. The molecule has 1 saturated carbocycles. The van der Waals surface area contributed by atoms with Gasteiger partial charge in [0.1, 0.15) is 12.5 Å². The van der Waals surface area contributed by atoms with Gasteiger partial charge in [-0.3, -0.25) is 20.3 Å². The Balaban J connectivity index is 1.10. The van der Waals surface area contributed by atoms with Crippen molar-refractivity contribution in [3.05, 3.63) is 0 Å². The number of carbonyl (C=O) groups is 1. The molecular weight excluding hydrogens is 605 g/mol. The molecule has 4 aliphatic rings. The zero-order valence-corrected chi connectivity index (χ0v) is 28.0. The molecule has 4 fully saturated rings. The molecule has 1 aliphatic carbocycles. The van der Waals surface area contributed by atoms with Crippen LogP contribution in [0.2, 0.25) is 0 Å². The van der Waals surface area contributed by atoms with Gasteiger partial charge in [-0.1, -0.05) is 0 Å². The third kappa shape index (κ3) is 10.7. The summed E-state index contributed by atoms with van der Waals surface area (Å²) in [5.74, 6) is 0.421. The van der Waals surface area contributed by atoms with Crippen molar-refractivity contribution in [2.45, 2.75) is 81.7 Å². The number of nitrogens with zero attached hydrogens (tertiary/aromatic N) is 2. The molecule has 262 valence electrons. The molecule has 0 aromatic heterocycles. The Hall–Kier alpha value is -0.670. The van der Waals surface area contributed by atoms with Crippen molar-refractivity contribution in [1.29, 1.82) is 0 Å². The third-order valence-corrected chi connectivity index (χ3v) is 11.0. The normalized spacial score (nSPS) is 32.3. The van der Waals surface area contributed by atoms with E-state index in [0.29, 0.717) is 51.6 Å². The van der Waals surface area contributed by atoms with Crippen molar-refractivity contribution in [3.8, 4) is 0 Å². The SMILES string of the molecule is COCC1(CNCC(CO)(CO)CO)CCN(C(=O)CC2CCC(OCCCC3CCN(C4NCC(Cl)CN4)CC3)CC2F)C1. The van der Waals surface area contributed by atoms with Gasteiger partial charge in [0.05, 0.1) is 43.3 Å². The first-order valence-corrected chi connectivity index (χ1v) is 17.6. The smallest absolute Gasteiger partial charge is 0.222 e. The van der Waals surface area contributed by atoms with E-state index in [1.54, 1.807) is 7.11 Å². The molecule has 6 N–H and O–H groups in total. The second-order valence-electron chi connectivity index (χ2n) is 14.3. The molecule has 4 atom stereocenters. The van der Waals surface area contributed by atoms with Crippen molar-refractivity contribution in [1.82, 2.24) is 25.8 Å². The molecule has 3 heterocycles. The van der Waals surface area contributed by atoms with Gasteiger partial charge in [-0.15, -0.1) is 11.6 Å². The van der Waals surface area contributed by atoms with Crippen LogP contribution >= 0.6 is 11.6 Å². The number of likely N-dealkylation sites (tertiary alicyclic amines) is 2. The fraction of sp³-hybridized carbons (Fsp3) is 0.969. The van der Waals surface area contributed by atoms with E-state index < -0.39 is 11.6 Å². The maximum absolute atomic E-state index is 15.2. The maximum Gasteiger partial charge on any atom is 0.222 e. The van der Waals surface area contributed by atoms with Crippen molar-refractivity contribution in [2.24, 2.45) is 22.7 Å². The summed E-state index contributed by atoms with van der Waals surface area (Å²) >= 11 is 6.17. The van der Waals surface area contributed by atoms with Gasteiger partial charge in [-0.2, -0.15) is 0 Å². The van der Waals surface area contributed by atoms with Crippen LogP contribution in [0.5, 0.6) is 0 Å². The Labute approximate surface area is 273 Å². The summed E-state index contributed by atoms with van der Waals surface area (Å²) in [6.07, 6.45) is 6.42. The fourth-order valence-corrected chi connectivity index (χ4v) is 7.74. The largest absolute Gasteiger partial charge is 0.396 e. The van der Waals surface area contributed by atoms with Gasteiger partial charge in [-0.25, -0.2) is 4.39 Å². The van der Waals surface area contributed by atoms with Crippen LogP contribution in [0.4, 0.5) is 4.39 Å². The minimum absolute atomic E-state index is 0.0141. The van der Waals surface area contributed by atoms with E-state index in [1.807, 2.05) is 4.90 Å². The Morgan fingerprint density at radius 2 is 1.80 bits per heavy atom. The lowest BCUT2D eigenvalue weighted by Crippen LogP contribution is -2.62. The van der Waals surface area contributed by atoms with E-state index in [4.69, 9.17) is 21.1 Å². The number of piperidine rings is 1. The van der Waals surface area contributed by atoms with Crippen molar-refractivity contribution in [3.63, 3.8) is 0 Å². The third-order valence-electron chi connectivity index (χ3n) is 10.7. The van der Waals surface area contributed by atoms with E-state index in [1.165, 1.54) is 12.8 Å². The molecule has 11 nitrogen and oxygen atoms in total. The lowest BCUT2D eigenvalue weighted by atomic mass is 9.83. The number of aliphatic hydroxyl groups is 3. The van der Waals surface area contributed by atoms with Gasteiger partial charge >= 0.3 is 0 Å². The average molecular weight is 664 g/mol. The highest BCUT2D eigenvalue weighted by atomic mass is 35.5. The van der Waals surface area contributed by atoms with Crippen molar-refractivity contribution >= 4 is 17.5 Å². The van der Waals surface area contributed by atoms with Crippen LogP contribution in [0, 0.1) is 22.7 Å². The first kappa shape index (κ1) is 37.2. The second-order valence-corrected chi connectivity index (χ2v) is 14.9. The summed E-state index contributed by atoms with van der Waals surface area (Å²) in [6.45, 7) is 5.83. The van der Waals surface area contributed by atoms with Crippen LogP contribution in [0.1, 0.15) is 57.8 Å². The number of alkyl halides is 2. The van der Waals surface area contributed by atoms with E-state index in [-0.39, 0.29) is 67.8 Å². The van der Waals surface area contributed by atoms with Crippen LogP contribution in [-0.4, -0.2) is 147 Å². The molecule has 3 aliphatic heterocycles. The number of methoxy groups -OCH3 is 1. The quantitative estimate of drug-likeness (QED) is 0.0983. The first-order valence-electron chi connectivity index (χ1n) is 17.1. The highest BCUT2D eigenvalue weighted by molar-refractivity contribution is 6.21. The minimum Gasteiger partial charge on any atom is -0.396 e. The van der Waals surface area contributed by atoms with E-state index in [9.17, 15) is 20.1 Å². The predicted octanol–water partition coefficient (Wildman–Crippen LogP) is 0.894. The highest BCUT2D eigenvalue weighted by Crippen LogP contribution is 2.35. The lowest BCUT2D eigenvalue weighted by molar-refractivity contribution is -0.133. The molecule has 45 heavy (non-hydrogen) atoms. The first-order chi connectivity index (χ1) is 21.7. The Kier molecular flexibility index (Phi) is 15.0. The molecule has 0 spiro atoms. The number of carbonyl (C=O) groups excluding carboxylic acids is 1. The lowest BCUT2D eigenvalue weighted by Gasteiger charge is -2.41. The average Bonchev–Trinajstić information content (AvgIpc) is 3.48. The van der Waals surface area contributed by atoms with Crippen LogP contribution in [-0.2, 0) is 14.3 Å². The summed E-state index contributed by atoms with van der Waals surface area (Å²) in [5, 5.41) is 39.2. The summed E-state index contributed by atoms with van der Waals surface area (Å²) in [7, 11) is 1.63. The molecule has 0 aromatic carbocycles. The maximum atomic E-state index is 15.2. The van der Waals surface area contributed by atoms with Crippen LogP contribution < -0.4 is 16.0 Å². The molecule has 4 unspecified atom stereocenters. The zero-order chi connectivity index (χ0) is 32.3. The van der Waals surface area contributed by atoms with E-state index in [0.717, 1.165) is 51.9 Å². The molecule has 3 saturated heterocycles. The van der Waals surface area contributed by atoms with Gasteiger partial charge in [0.25, 0.3) is 0 Å². The Morgan fingerprint density at radius 3 is 2.44 bits per heavy atom. The summed E-state index contributed by atoms with van der Waals surface area (Å²) in [6, 6.07) is 0. The van der Waals surface area contributed by atoms with Gasteiger partial charge in [0, 0.05) is 84.3 Å². The topological polar surface area (TPSA) is 139 Å². The standard InChI is InChI=1S/C32H59ClFN5O6/c1-44-23-31(17-35-18-32(20-40,21-41)22-42)8-11-39(19-31)29(43)13-25-4-5-27(14-28(25)34)45-12-2-3-24-6-9-38(10-7-24)30-36-15-26(33)16-37-30/h24-28,30,35-37,40-42H,2-23H2,1H3. The number of hydrogen-bond acceptors (Lipinski definition) is 10. The second kappa shape index (κ2) is 18.2. The van der Waals surface area contributed by atoms with E-state index >= 15 is 4.39 Å². The molecular formula is C32H59ClFN5O6. The summed E-state index contributed by atoms with van der Waals surface area (Å²) in [5.41, 5.74) is -1.31. The highest BCUT2D eigenvalue weighted by Gasteiger charge is 2.42. The van der Waals surface area contributed by atoms with Crippen LogP contribution in [0.25, 0.3) is 0 Å². The number of amides is 1. The van der Waals surface area contributed by atoms with Gasteiger partial charge < -0.3 is 35.0 Å². The van der Waals surface area contributed by atoms with Crippen molar-refractivity contribution in [2.75, 3.05) is 92.5 Å². The number of hydrogen-bond donors (Lipinski definition) is 6. The van der Waals surface area contributed by atoms with Crippen LogP contribution in [0.15, 0.2) is 0 Å². The summed E-state index contributed by atoms with van der Waals surface area (Å²) < 4.78 is 26.9. The van der Waals surface area contributed by atoms with Crippen molar-refractivity contribution < 1.29 is 34.0 Å². The number of aliphatic hydroxyl groups excluding tert-OH is 3. The molecule has 0 radical (unpaired) electrons. The number of rotatable bonds is 17. The number of ether oxygens (including phenoxy) is 2. The van der Waals surface area contributed by atoms with Gasteiger partial charge in [0.2, 0.25) is 5.91 Å². The van der Waals surface area contributed by atoms with Crippen LogP contribution in [0.3, 0.4) is 0 Å². The monoisotopic (exact) mass is 663 g/mol. The van der Waals surface area contributed by atoms with E-state index in [2.05, 4.69) is 20.9 Å². The molecule has 0 aromatic rings. The zero-order valence-electron chi connectivity index (χ0n) is 27.2. The Bertz CT molecular complexity index is 869. The van der Waals surface area contributed by atoms with Gasteiger partial charge in [-0.05, 0) is 56.8 Å². The summed E-state index contributed by atoms with van der Waals surface area (Å²) in [4.78, 5) is 17.5. The molecule has 1 amide bonds. The number of halogens is 2. The molecule has 13 heteroatoms. The number of nitrogens with one attached hydrogen (secondary N) is 3. The molecule has 0 bridgehead atoms. The predicted molar refractivity (Wildman–Crippen MR) is 172 cm³/mol. The van der Waals surface area contributed by atoms with Gasteiger partial charge in [0.15, 0.2) is 0 Å². The molecule has 4 rings (SSSR count). The Morgan fingerprint density at radius 1 is 1.09 bits per heavy atom.